The van der Waals surface area contributed by atoms with Crippen LogP contribution in [0.15, 0.2) is 158 Å². The highest BCUT2D eigenvalue weighted by atomic mass is 32.1. The highest BCUT2D eigenvalue weighted by molar-refractivity contribution is 7.26. The molecule has 10 rings (SSSR count). The van der Waals surface area contributed by atoms with Gasteiger partial charge in [-0.25, -0.2) is 19.8 Å². The van der Waals surface area contributed by atoms with Gasteiger partial charge >= 0.3 is 0 Å². The van der Waals surface area contributed by atoms with E-state index in [4.69, 9.17) is 21.5 Å². The average Bonchev–Trinajstić information content (AvgIpc) is 3.72. The molecule has 5 heteroatoms. The molecule has 0 N–H and O–H groups in total. The number of hydrogen-bond donors (Lipinski definition) is 0. The lowest BCUT2D eigenvalue weighted by molar-refractivity contribution is 0.661. The van der Waals surface area contributed by atoms with E-state index in [-0.39, 0.29) is 5.41 Å². The molecular formula is C49H32N4S. The summed E-state index contributed by atoms with van der Waals surface area (Å²) < 4.78 is 2.55. The molecule has 0 saturated heterocycles. The number of aromatic nitrogens is 3. The summed E-state index contributed by atoms with van der Waals surface area (Å²) in [6, 6.07) is 55.2. The fraction of sp³-hybridized carbons (Fsp3) is 0.0612. The van der Waals surface area contributed by atoms with E-state index in [1.54, 1.807) is 0 Å². The summed E-state index contributed by atoms with van der Waals surface area (Å²) in [4.78, 5) is 18.6. The van der Waals surface area contributed by atoms with Gasteiger partial charge in [-0.15, -0.1) is 11.3 Å². The van der Waals surface area contributed by atoms with Gasteiger partial charge in [-0.3, -0.25) is 0 Å². The van der Waals surface area contributed by atoms with E-state index in [9.17, 15) is 0 Å². The number of rotatable bonds is 5. The largest absolute Gasteiger partial charge is 0.238 e. The van der Waals surface area contributed by atoms with Crippen LogP contribution >= 0.6 is 11.3 Å². The Labute approximate surface area is 317 Å². The minimum atomic E-state index is -0.237. The van der Waals surface area contributed by atoms with Crippen molar-refractivity contribution in [3.8, 4) is 67.5 Å². The molecule has 0 aliphatic heterocycles. The molecule has 1 aliphatic carbocycles. The van der Waals surface area contributed by atoms with Crippen LogP contribution in [0.1, 0.15) is 25.0 Å². The summed E-state index contributed by atoms with van der Waals surface area (Å²) in [7, 11) is 0. The van der Waals surface area contributed by atoms with Crippen molar-refractivity contribution in [3.05, 3.63) is 180 Å². The van der Waals surface area contributed by atoms with Gasteiger partial charge in [-0.1, -0.05) is 159 Å². The average molecular weight is 709 g/mol. The van der Waals surface area contributed by atoms with Crippen LogP contribution in [0.3, 0.4) is 0 Å². The summed E-state index contributed by atoms with van der Waals surface area (Å²) in [5, 5.41) is 2.54. The molecule has 0 radical (unpaired) electrons. The Morgan fingerprint density at radius 1 is 0.481 bits per heavy atom. The SMILES string of the molecule is [C-]#[N+]c1ccc2c(c1)C(C)(C)c1cc(-c3c(-c4ccc(-c5nc(-c6ccccc6)nc(-c6ccccc6)n5)cc4)ccc4c3sc3ccccc34)ccc1-2. The molecule has 0 amide bonds. The van der Waals surface area contributed by atoms with E-state index in [2.05, 4.69) is 110 Å². The normalized spacial score (nSPS) is 12.8. The van der Waals surface area contributed by atoms with Crippen LogP contribution in [0.5, 0.6) is 0 Å². The van der Waals surface area contributed by atoms with E-state index in [1.165, 1.54) is 59.1 Å². The Bertz CT molecular complexity index is 2900. The Balaban J connectivity index is 1.13. The number of nitrogens with zero attached hydrogens (tertiary/aromatic N) is 4. The quantitative estimate of drug-likeness (QED) is 0.167. The molecule has 2 heterocycles. The van der Waals surface area contributed by atoms with E-state index in [1.807, 2.05) is 78.1 Å². The second-order valence-corrected chi connectivity index (χ2v) is 15.4. The van der Waals surface area contributed by atoms with Gasteiger partial charge in [0.05, 0.1) is 6.57 Å². The van der Waals surface area contributed by atoms with Crippen LogP contribution < -0.4 is 0 Å². The zero-order valence-electron chi connectivity index (χ0n) is 29.7. The maximum absolute atomic E-state index is 7.64. The lowest BCUT2D eigenvalue weighted by Gasteiger charge is -2.23. The van der Waals surface area contributed by atoms with E-state index in [0.717, 1.165) is 22.3 Å². The van der Waals surface area contributed by atoms with Crippen molar-refractivity contribution in [3.63, 3.8) is 0 Å². The third-order valence-corrected chi connectivity index (χ3v) is 12.0. The molecule has 0 fully saturated rings. The lowest BCUT2D eigenvalue weighted by atomic mass is 9.81. The van der Waals surface area contributed by atoms with Crippen molar-refractivity contribution >= 4 is 37.2 Å². The summed E-state index contributed by atoms with van der Waals surface area (Å²) in [6.07, 6.45) is 0. The number of hydrogen-bond acceptors (Lipinski definition) is 4. The Kier molecular flexibility index (Phi) is 7.36. The van der Waals surface area contributed by atoms with Crippen LogP contribution in [0, 0.1) is 6.57 Å². The predicted molar refractivity (Wildman–Crippen MR) is 224 cm³/mol. The van der Waals surface area contributed by atoms with E-state index >= 15 is 0 Å². The molecule has 0 bridgehead atoms. The van der Waals surface area contributed by atoms with Crippen LogP contribution in [-0.4, -0.2) is 15.0 Å². The lowest BCUT2D eigenvalue weighted by Crippen LogP contribution is -2.15. The van der Waals surface area contributed by atoms with Crippen LogP contribution in [0.2, 0.25) is 0 Å². The van der Waals surface area contributed by atoms with Gasteiger partial charge in [0.2, 0.25) is 0 Å². The van der Waals surface area contributed by atoms with Crippen molar-refractivity contribution < 1.29 is 0 Å². The minimum Gasteiger partial charge on any atom is -0.238 e. The van der Waals surface area contributed by atoms with Crippen molar-refractivity contribution in [2.75, 3.05) is 0 Å². The topological polar surface area (TPSA) is 43.0 Å². The molecule has 4 nitrogen and oxygen atoms in total. The Morgan fingerprint density at radius 3 is 1.65 bits per heavy atom. The molecule has 0 saturated carbocycles. The fourth-order valence-electron chi connectivity index (χ4n) is 8.00. The molecule has 54 heavy (non-hydrogen) atoms. The Hall–Kier alpha value is -6.74. The van der Waals surface area contributed by atoms with Crippen molar-refractivity contribution in [1.82, 2.24) is 15.0 Å². The van der Waals surface area contributed by atoms with E-state index < -0.39 is 0 Å². The number of benzene rings is 7. The fourth-order valence-corrected chi connectivity index (χ4v) is 9.28. The van der Waals surface area contributed by atoms with Crippen LogP contribution in [-0.2, 0) is 5.41 Å². The predicted octanol–water partition coefficient (Wildman–Crippen LogP) is 13.4. The second kappa shape index (κ2) is 12.4. The first-order valence-electron chi connectivity index (χ1n) is 18.1. The molecule has 1 aliphatic rings. The van der Waals surface area contributed by atoms with Crippen molar-refractivity contribution in [2.24, 2.45) is 0 Å². The molecule has 0 atom stereocenters. The van der Waals surface area contributed by atoms with Gasteiger partial charge in [0.1, 0.15) is 0 Å². The monoisotopic (exact) mass is 708 g/mol. The van der Waals surface area contributed by atoms with Crippen molar-refractivity contribution in [2.45, 2.75) is 19.3 Å². The van der Waals surface area contributed by atoms with Crippen LogP contribution in [0.25, 0.3) is 92.6 Å². The maximum Gasteiger partial charge on any atom is 0.187 e. The first kappa shape index (κ1) is 32.0. The zero-order chi connectivity index (χ0) is 36.4. The molecule has 9 aromatic rings. The number of fused-ring (bicyclic) bond motifs is 6. The third kappa shape index (κ3) is 5.15. The molecule has 254 valence electrons. The smallest absolute Gasteiger partial charge is 0.187 e. The van der Waals surface area contributed by atoms with Gasteiger partial charge in [-0.05, 0) is 51.1 Å². The number of thiophene rings is 1. The molecule has 0 unspecified atom stereocenters. The van der Waals surface area contributed by atoms with E-state index in [0.29, 0.717) is 23.2 Å². The summed E-state index contributed by atoms with van der Waals surface area (Å²) in [6.45, 7) is 12.2. The van der Waals surface area contributed by atoms with Gasteiger partial charge < -0.3 is 0 Å². The minimum absolute atomic E-state index is 0.237. The first-order valence-corrected chi connectivity index (χ1v) is 18.9. The van der Waals surface area contributed by atoms with Gasteiger partial charge in [0.15, 0.2) is 23.2 Å². The highest BCUT2D eigenvalue weighted by Gasteiger charge is 2.36. The van der Waals surface area contributed by atoms with Crippen molar-refractivity contribution in [1.29, 1.82) is 0 Å². The van der Waals surface area contributed by atoms with Gasteiger partial charge in [0.25, 0.3) is 0 Å². The summed E-state index contributed by atoms with van der Waals surface area (Å²) in [5.41, 5.74) is 12.9. The third-order valence-electron chi connectivity index (χ3n) is 10.8. The molecule has 2 aromatic heterocycles. The zero-order valence-corrected chi connectivity index (χ0v) is 30.5. The van der Waals surface area contributed by atoms with Gasteiger partial charge in [-0.2, -0.15) is 0 Å². The van der Waals surface area contributed by atoms with Gasteiger partial charge in [0, 0.05) is 47.8 Å². The summed E-state index contributed by atoms with van der Waals surface area (Å²) >= 11 is 1.86. The van der Waals surface area contributed by atoms with Crippen LogP contribution in [0.4, 0.5) is 5.69 Å². The second-order valence-electron chi connectivity index (χ2n) is 14.3. The molecule has 0 spiro atoms. The molecular weight excluding hydrogens is 677 g/mol. The standard InChI is InChI=1S/C49H32N4S/c1-49(2)41-28-34(22-24-37(41)38-25-23-35(50-3)29-42(38)49)44-36(26-27-40-39-16-10-11-17-43(39)54-45(40)44)30-18-20-33(21-19-30)48-52-46(31-12-6-4-7-13-31)51-47(53-48)32-14-8-5-9-15-32/h4-29H,1-2H3. The maximum atomic E-state index is 7.64. The first-order chi connectivity index (χ1) is 26.5. The highest BCUT2D eigenvalue weighted by Crippen LogP contribution is 2.52. The summed E-state index contributed by atoms with van der Waals surface area (Å²) in [5.74, 6) is 1.93. The Morgan fingerprint density at radius 2 is 1.00 bits per heavy atom. The molecule has 7 aromatic carbocycles.